The van der Waals surface area contributed by atoms with Crippen molar-refractivity contribution in [2.75, 3.05) is 40.4 Å². The van der Waals surface area contributed by atoms with E-state index < -0.39 is 4.92 Å². The number of fused-ring (bicyclic) bond motifs is 6. The van der Waals surface area contributed by atoms with Gasteiger partial charge in [0.15, 0.2) is 12.4 Å². The van der Waals surface area contributed by atoms with Crippen LogP contribution < -0.4 is 28.4 Å². The van der Waals surface area contributed by atoms with Crippen LogP contribution >= 0.6 is 0 Å². The molecule has 0 spiro atoms. The lowest BCUT2D eigenvalue weighted by molar-refractivity contribution is -0.455. The molecule has 7 aliphatic rings. The van der Waals surface area contributed by atoms with Gasteiger partial charge >= 0.3 is 0 Å². The summed E-state index contributed by atoms with van der Waals surface area (Å²) in [6.07, 6.45) is 18.5. The van der Waals surface area contributed by atoms with Crippen LogP contribution in [-0.2, 0) is 0 Å². The molecule has 0 amide bonds. The number of non-ortho nitro benzene ring substituents is 1. The fourth-order valence-corrected chi connectivity index (χ4v) is 12.7. The van der Waals surface area contributed by atoms with Crippen LogP contribution in [0, 0.1) is 99.1 Å². The molecule has 7 aromatic carbocycles. The van der Waals surface area contributed by atoms with Crippen molar-refractivity contribution in [2.24, 2.45) is 5.92 Å². The molecule has 15 nitrogen and oxygen atoms in total. The number of aryl methyl sites for hydroxylation is 12. The SMILES string of the molecule is C/C=[N+]1/COc2c(C)cc(C)cc21.C/C=[N+]1/COc2c(C)cc(C)cc21.C=[N+]1COc2c(C)cc(C)cc21.CC/C=[N+]1/COc2c(C)cc(C)cc21.Cc1cc(C)c2c(c1)/[N+](=C\C1CCCCC1)CO2.Cc1cc(C)c2c(c1)/[N+](=C\c1ccc([N+](=O)[O-])cc1)CO2. The molecule has 0 saturated heterocycles. The highest BCUT2D eigenvalue weighted by molar-refractivity contribution is 5.78. The average molecular weight is 1230 g/mol. The number of nitro groups is 1. The van der Waals surface area contributed by atoms with Gasteiger partial charge in [-0.15, -0.1) is 0 Å². The molecule has 474 valence electrons. The molecule has 1 saturated carbocycles. The molecule has 15 heteroatoms. The summed E-state index contributed by atoms with van der Waals surface area (Å²) >= 11 is 0. The van der Waals surface area contributed by atoms with E-state index in [1.54, 1.807) is 12.1 Å². The van der Waals surface area contributed by atoms with E-state index in [9.17, 15) is 10.1 Å². The lowest BCUT2D eigenvalue weighted by Gasteiger charge is -2.15. The number of nitro benzene ring substituents is 1. The normalized spacial score (nSPS) is 17.2. The number of rotatable bonds is 4. The van der Waals surface area contributed by atoms with Gasteiger partial charge in [0.25, 0.3) is 80.2 Å². The van der Waals surface area contributed by atoms with Gasteiger partial charge in [0, 0.05) is 80.3 Å². The molecular weight excluding hydrogens is 1140 g/mol. The molecule has 0 radical (unpaired) electrons. The van der Waals surface area contributed by atoms with Crippen molar-refractivity contribution in [3.8, 4) is 34.5 Å². The quantitative estimate of drug-likeness (QED) is 0.0972. The number of ether oxygens (including phenoxy) is 6. The van der Waals surface area contributed by atoms with Crippen LogP contribution in [0.25, 0.3) is 0 Å². The third kappa shape index (κ3) is 15.9. The lowest BCUT2D eigenvalue weighted by atomic mass is 9.90. The first-order chi connectivity index (χ1) is 43.6. The minimum atomic E-state index is -0.398. The molecule has 6 aliphatic heterocycles. The van der Waals surface area contributed by atoms with Gasteiger partial charge in [-0.2, -0.15) is 27.5 Å². The molecule has 7 aromatic rings. The third-order valence-corrected chi connectivity index (χ3v) is 16.9. The van der Waals surface area contributed by atoms with E-state index in [0.29, 0.717) is 40.4 Å². The maximum Gasteiger partial charge on any atom is 0.293 e. The van der Waals surface area contributed by atoms with Crippen molar-refractivity contribution in [3.63, 3.8) is 0 Å². The Kier molecular flexibility index (Phi) is 21.5. The Morgan fingerprint density at radius 1 is 0.440 bits per heavy atom. The molecule has 0 atom stereocenters. The summed E-state index contributed by atoms with van der Waals surface area (Å²) in [5.41, 5.74) is 22.8. The van der Waals surface area contributed by atoms with Gasteiger partial charge in [0.1, 0.15) is 25.4 Å². The second-order valence-electron chi connectivity index (χ2n) is 24.7. The molecule has 0 unspecified atom stereocenters. The van der Waals surface area contributed by atoms with Gasteiger partial charge < -0.3 is 28.4 Å². The molecule has 6 heterocycles. The van der Waals surface area contributed by atoms with Crippen LogP contribution in [0.3, 0.4) is 0 Å². The summed E-state index contributed by atoms with van der Waals surface area (Å²) in [5, 5.41) is 10.7. The Balaban J connectivity index is 0.000000131. The van der Waals surface area contributed by atoms with Crippen molar-refractivity contribution in [1.29, 1.82) is 0 Å². The van der Waals surface area contributed by atoms with Gasteiger partial charge in [0.05, 0.1) is 4.92 Å². The molecule has 1 fully saturated rings. The standard InChI is InChI=1S/C16H15N2O3.C16H22NO.C12H16NO.2C11H14NO.C10H12NO/c1-11-7-12(2)16-15(8-11)17(10-21-16)9-13-3-5-14(6-4-13)18(19)20;1-12-8-13(2)16-15(9-12)17(11-18-16)10-14-6-4-3-5-7-14;1-4-5-13-8-14-12-10(3)6-9(2)7-11(12)13;2*1-4-12-7-13-11-9(3)5-8(2)6-10(11)12;1-7-4-8(2)10-9(5-7)11(3)6-12-10/h3-9H,10H2,1-2H3;8-10,14H,3-7,11H2,1-2H3;5-7H,4,8H2,1-3H3;2*4-6H,7H2,1-3H3;4-5H,3,6H2,1-2H3/q6*+1/b17-9-;17-10-;13-5-;2*12-4-;. The third-order valence-electron chi connectivity index (χ3n) is 16.9. The Morgan fingerprint density at radius 3 is 1.14 bits per heavy atom. The average Bonchev–Trinajstić information content (AvgIpc) is 1.97. The summed E-state index contributed by atoms with van der Waals surface area (Å²) < 4.78 is 46.4. The minimum absolute atomic E-state index is 0.0944. The summed E-state index contributed by atoms with van der Waals surface area (Å²) in [6, 6.07) is 32.3. The fourth-order valence-electron chi connectivity index (χ4n) is 12.7. The summed E-state index contributed by atoms with van der Waals surface area (Å²) in [7, 11) is 0. The zero-order valence-electron chi connectivity index (χ0n) is 56.3. The molecule has 0 N–H and O–H groups in total. The highest BCUT2D eigenvalue weighted by Gasteiger charge is 2.32. The van der Waals surface area contributed by atoms with Crippen molar-refractivity contribution < 1.29 is 60.8 Å². The highest BCUT2D eigenvalue weighted by Crippen LogP contribution is 2.41. The monoisotopic (exact) mass is 1230 g/mol. The first kappa shape index (κ1) is 66.2. The van der Waals surface area contributed by atoms with E-state index in [0.717, 1.165) is 69.3 Å². The Hall–Kier alpha value is -9.24. The van der Waals surface area contributed by atoms with Crippen LogP contribution in [0.1, 0.15) is 132 Å². The molecule has 1 aliphatic carbocycles. The van der Waals surface area contributed by atoms with E-state index in [4.69, 9.17) is 28.4 Å². The molecule has 91 heavy (non-hydrogen) atoms. The maximum absolute atomic E-state index is 10.7. The van der Waals surface area contributed by atoms with Crippen LogP contribution in [0.5, 0.6) is 34.5 Å². The number of nitrogens with zero attached hydrogens (tertiary/aromatic N) is 7. The highest BCUT2D eigenvalue weighted by atomic mass is 16.6. The summed E-state index contributed by atoms with van der Waals surface area (Å²) in [4.78, 5) is 10.3. The summed E-state index contributed by atoms with van der Waals surface area (Å²) in [6.45, 7) is 38.9. The zero-order chi connectivity index (χ0) is 65.2. The second-order valence-corrected chi connectivity index (χ2v) is 24.7. The Morgan fingerprint density at radius 2 is 0.758 bits per heavy atom. The van der Waals surface area contributed by atoms with E-state index in [-0.39, 0.29) is 5.69 Å². The van der Waals surface area contributed by atoms with Crippen molar-refractivity contribution in [3.05, 3.63) is 180 Å². The number of hydrogen-bond donors (Lipinski definition) is 0. The number of hydrogen-bond acceptors (Lipinski definition) is 8. The lowest BCUT2D eigenvalue weighted by Crippen LogP contribution is -2.15. The van der Waals surface area contributed by atoms with Gasteiger partial charge in [-0.3, -0.25) is 10.1 Å². The maximum atomic E-state index is 10.7. The van der Waals surface area contributed by atoms with E-state index in [1.165, 1.54) is 128 Å². The molecular formula is C76H93N7O8+6. The Labute approximate surface area is 538 Å². The summed E-state index contributed by atoms with van der Waals surface area (Å²) in [5.74, 6) is 6.81. The van der Waals surface area contributed by atoms with Crippen LogP contribution in [0.15, 0.2) is 97.1 Å². The second kappa shape index (κ2) is 29.6. The van der Waals surface area contributed by atoms with Crippen molar-refractivity contribution >= 4 is 77.6 Å². The predicted octanol–water partition coefficient (Wildman–Crippen LogP) is 16.8. The zero-order valence-corrected chi connectivity index (χ0v) is 56.3. The van der Waals surface area contributed by atoms with Crippen molar-refractivity contribution in [2.45, 2.75) is 142 Å². The smallest absolute Gasteiger partial charge is 0.293 e. The van der Waals surface area contributed by atoms with Gasteiger partial charge in [-0.1, -0.05) is 62.6 Å². The Bertz CT molecular complexity index is 4000. The first-order valence-corrected chi connectivity index (χ1v) is 31.8. The van der Waals surface area contributed by atoms with Crippen molar-refractivity contribution in [1.82, 2.24) is 0 Å². The van der Waals surface area contributed by atoms with Crippen LogP contribution in [-0.4, -0.2) is 111 Å². The molecule has 0 aromatic heterocycles. The van der Waals surface area contributed by atoms with Crippen LogP contribution in [0.2, 0.25) is 0 Å². The van der Waals surface area contributed by atoms with Crippen LogP contribution in [0.4, 0.5) is 39.8 Å². The predicted molar refractivity (Wildman–Crippen MR) is 366 cm³/mol. The number of benzene rings is 7. The topological polar surface area (TPSA) is 117 Å². The van der Waals surface area contributed by atoms with E-state index >= 15 is 0 Å². The minimum Gasteiger partial charge on any atom is -0.429 e. The van der Waals surface area contributed by atoms with Gasteiger partial charge in [0.2, 0.25) is 34.5 Å². The molecule has 14 rings (SSSR count). The van der Waals surface area contributed by atoms with Gasteiger partial charge in [-0.25, -0.2) is 0 Å². The largest absolute Gasteiger partial charge is 0.429 e. The van der Waals surface area contributed by atoms with Gasteiger partial charge in [-0.05, 0) is 175 Å². The molecule has 0 bridgehead atoms. The fraction of sp³-hybridized carbons (Fsp3) is 0.368. The van der Waals surface area contributed by atoms with E-state index in [1.807, 2.05) is 48.6 Å². The van der Waals surface area contributed by atoms with E-state index in [2.05, 4.69) is 193 Å². The first-order valence-electron chi connectivity index (χ1n) is 31.8.